The molecule has 9 aromatic rings. The molecule has 0 radical (unpaired) electrons. The Morgan fingerprint density at radius 2 is 0.637 bits per heavy atom. The second-order valence-electron chi connectivity index (χ2n) is 26.1. The van der Waals surface area contributed by atoms with E-state index in [2.05, 4.69) is 0 Å². The van der Waals surface area contributed by atoms with Crippen molar-refractivity contribution in [1.29, 1.82) is 0 Å². The highest BCUT2D eigenvalue weighted by atomic mass is 16.6. The number of aliphatic hydroxyl groups is 2. The Morgan fingerprint density at radius 3 is 1.02 bits per heavy atom. The third-order valence-corrected chi connectivity index (χ3v) is 18.4. The molecule has 646 valence electrons. The van der Waals surface area contributed by atoms with Crippen LogP contribution in [0, 0.1) is 0 Å². The average molecular weight is 1740 g/mol. The first kappa shape index (κ1) is 85.4. The number of benzene rings is 9. The van der Waals surface area contributed by atoms with Gasteiger partial charge in [-0.25, -0.2) is 43.2 Å². The van der Waals surface area contributed by atoms with E-state index in [9.17, 15) is 171 Å². The first-order valence-corrected chi connectivity index (χ1v) is 33.8. The second-order valence-corrected chi connectivity index (χ2v) is 26.1. The van der Waals surface area contributed by atoms with Gasteiger partial charge in [-0.2, -0.15) is 0 Å². The van der Waals surface area contributed by atoms with Gasteiger partial charge in [0.05, 0.1) is 33.4 Å². The van der Waals surface area contributed by atoms with Gasteiger partial charge < -0.3 is 190 Å². The van der Waals surface area contributed by atoms with Crippen molar-refractivity contribution in [1.82, 2.24) is 0 Å². The summed E-state index contributed by atoms with van der Waals surface area (Å²) in [7, 11) is 0. The number of carbonyl (C=O) groups excluding carboxylic acids is 10. The molecule has 8 atom stereocenters. The van der Waals surface area contributed by atoms with Gasteiger partial charge in [-0.3, -0.25) is 9.59 Å². The molecule has 3 aliphatic heterocycles. The van der Waals surface area contributed by atoms with Crippen molar-refractivity contribution in [2.24, 2.45) is 0 Å². The molecular formula is C75H52O49. The van der Waals surface area contributed by atoms with Crippen LogP contribution in [0.3, 0.4) is 0 Å². The number of carboxylic acids is 1. The van der Waals surface area contributed by atoms with Gasteiger partial charge in [0.2, 0.25) is 57.5 Å². The van der Waals surface area contributed by atoms with Gasteiger partial charge in [0.25, 0.3) is 0 Å². The number of carbonyl (C=O) groups is 11. The van der Waals surface area contributed by atoms with Crippen molar-refractivity contribution in [3.63, 3.8) is 0 Å². The minimum atomic E-state index is -3.30. The molecule has 0 amide bonds. The van der Waals surface area contributed by atoms with E-state index in [0.717, 1.165) is 0 Å². The summed E-state index contributed by atoms with van der Waals surface area (Å²) in [6.45, 7) is -3.68. The third-order valence-electron chi connectivity index (χ3n) is 18.4. The third kappa shape index (κ3) is 14.9. The molecule has 0 saturated carbocycles. The smallest absolute Gasteiger partial charge is 0.343 e. The maximum atomic E-state index is 15.7. The molecule has 8 unspecified atom stereocenters. The molecule has 6 bridgehead atoms. The number of phenols is 24. The number of aromatic hydroxyl groups is 24. The number of aliphatic hydroxyl groups excluding tert-OH is 2. The van der Waals surface area contributed by atoms with Crippen LogP contribution in [0.1, 0.15) is 93.2 Å². The Labute approximate surface area is 680 Å². The molecule has 12 rings (SSSR count). The number of fused-ring (bicyclic) bond motifs is 14. The lowest BCUT2D eigenvalue weighted by atomic mass is 9.91. The zero-order valence-electron chi connectivity index (χ0n) is 60.6. The molecule has 0 fully saturated rings. The van der Waals surface area contributed by atoms with Crippen LogP contribution in [-0.4, -0.2) is 266 Å². The van der Waals surface area contributed by atoms with Gasteiger partial charge in [0.15, 0.2) is 164 Å². The van der Waals surface area contributed by atoms with Gasteiger partial charge in [-0.1, -0.05) is 0 Å². The van der Waals surface area contributed by atoms with Crippen molar-refractivity contribution in [2.45, 2.75) is 48.8 Å². The summed E-state index contributed by atoms with van der Waals surface area (Å²) in [6, 6.07) is 1.91. The summed E-state index contributed by atoms with van der Waals surface area (Å²) in [4.78, 5) is 160. The molecule has 3 heterocycles. The van der Waals surface area contributed by atoms with Crippen LogP contribution in [0.4, 0.5) is 0 Å². The maximum Gasteiger partial charge on any atom is 0.343 e. The monoisotopic (exact) mass is 1740 g/mol. The average Bonchev–Trinajstić information content (AvgIpc) is 0.991. The van der Waals surface area contributed by atoms with Gasteiger partial charge in [0.1, 0.15) is 42.1 Å². The van der Waals surface area contributed by atoms with E-state index in [-0.39, 0.29) is 54.6 Å². The number of carboxylic acid groups (broad SMARTS) is 1. The van der Waals surface area contributed by atoms with E-state index in [1.165, 1.54) is 0 Å². The van der Waals surface area contributed by atoms with Crippen LogP contribution in [-0.2, 0) is 47.5 Å². The minimum absolute atomic E-state index is 0.0139. The fourth-order valence-electron chi connectivity index (χ4n) is 12.4. The minimum Gasteiger partial charge on any atom is -0.504 e. The van der Waals surface area contributed by atoms with Gasteiger partial charge in [-0.05, 0) is 30.3 Å². The van der Waals surface area contributed by atoms with E-state index in [0.29, 0.717) is 12.1 Å². The number of ether oxygens (including phenoxy) is 11. The lowest BCUT2D eigenvalue weighted by Crippen LogP contribution is -2.52. The summed E-state index contributed by atoms with van der Waals surface area (Å²) in [5.41, 5.74) is -19.5. The van der Waals surface area contributed by atoms with Crippen molar-refractivity contribution >= 4 is 66.3 Å². The number of esters is 8. The standard InChI is InChI=1S/C75H52O49/c76-12-38-65(123-68(106)16-1-25(78)44(88)26(79)2-16)63-33(86)14-114-70(108)19-10-36(51(95)54(98)41(19)40-18(72(110)121-63)5-29(82)46(90)53(40)97)117-61-23(7-31(84)48(92)58(61)102)74(112)120-39(13-77)66(124-69(107)17-3-27(80)45(89)28(81)4-17)64-34(87)15-115-71(109)20-9-35(116-60-22(67(104)105)6-30(83)47(91)57(60)101)50(94)55(99)42(20)43-21(73(111)122-64)11-37(52(96)56(43)100)118-62-24(75(113)119-38)8-32(85)49(93)59(62)103/h1-13,33-34,38-39,63-66,78-103H,14-15H2,(H,104,105). The predicted molar refractivity (Wildman–Crippen MR) is 383 cm³/mol. The number of aromatic carboxylic acids is 1. The highest BCUT2D eigenvalue weighted by Gasteiger charge is 2.49. The predicted octanol–water partition coefficient (Wildman–Crippen LogP) is 2.76. The lowest BCUT2D eigenvalue weighted by molar-refractivity contribution is -0.142. The van der Waals surface area contributed by atoms with Crippen LogP contribution in [0.5, 0.6) is 172 Å². The fourth-order valence-corrected chi connectivity index (χ4v) is 12.4. The second kappa shape index (κ2) is 32.2. The lowest BCUT2D eigenvalue weighted by Gasteiger charge is -2.33. The Hall–Kier alpha value is -17.9. The Balaban J connectivity index is 1.15. The molecule has 0 aromatic heterocycles. The van der Waals surface area contributed by atoms with Gasteiger partial charge in [-0.15, -0.1) is 0 Å². The molecule has 49 heteroatoms. The SMILES string of the molecule is O=CC1OC(=O)c2cc(O)c(O)c(O)c2Oc2cc3c(c(O)c2O)-c2c(cc(Oc4c(C(=O)O)cc(O)c(O)c4O)c(O)c2O)C(=O)OCC(O)C(OC3=O)C(OC(=O)c2cc(O)c(O)c(O)c2)C(C=O)OC(=O)c2cc(O)c(O)c(O)c2Oc2cc3c(c(O)c2O)-c2c(cc(O)c(O)c2O)C(=O)OC(C(O)COC3=O)C1OC(=O)c1cc(O)c(O)c(O)c1. The molecule has 9 aromatic carbocycles. The van der Waals surface area contributed by atoms with Crippen molar-refractivity contribution in [2.75, 3.05) is 13.2 Å². The summed E-state index contributed by atoms with van der Waals surface area (Å²) in [5.74, 6) is -70.0. The zero-order valence-corrected chi connectivity index (χ0v) is 60.6. The first-order valence-electron chi connectivity index (χ1n) is 33.8. The Bertz CT molecular complexity index is 6110. The van der Waals surface area contributed by atoms with Crippen molar-refractivity contribution in [3.05, 3.63) is 117 Å². The number of hydrogen-bond acceptors (Lipinski definition) is 48. The number of cyclic esters (lactones) is 3. The molecule has 27 N–H and O–H groups in total. The summed E-state index contributed by atoms with van der Waals surface area (Å²) >= 11 is 0. The molecule has 3 aliphatic rings. The summed E-state index contributed by atoms with van der Waals surface area (Å²) < 4.78 is 60.0. The van der Waals surface area contributed by atoms with Crippen LogP contribution in [0.2, 0.25) is 0 Å². The number of rotatable bonds is 9. The molecule has 49 nitrogen and oxygen atoms in total. The quantitative estimate of drug-likeness (QED) is 0.0427. The molecule has 0 saturated heterocycles. The number of aldehydes is 2. The van der Waals surface area contributed by atoms with E-state index >= 15 is 19.2 Å². The van der Waals surface area contributed by atoms with E-state index in [4.69, 9.17) is 52.1 Å². The van der Waals surface area contributed by atoms with Crippen molar-refractivity contribution < 1.29 is 243 Å². The van der Waals surface area contributed by atoms with Crippen molar-refractivity contribution in [3.8, 4) is 195 Å². The maximum absolute atomic E-state index is 15.7. The van der Waals surface area contributed by atoms with E-state index < -0.39 is 373 Å². The topological polar surface area (TPSA) is 836 Å². The molecular weight excluding hydrogens is 1680 g/mol. The summed E-state index contributed by atoms with van der Waals surface area (Å²) in [5, 5.41) is 302. The fraction of sp³-hybridized carbons (Fsp3) is 0.133. The summed E-state index contributed by atoms with van der Waals surface area (Å²) in [6.07, 6.45) is -26.7. The van der Waals surface area contributed by atoms with E-state index in [1.807, 2.05) is 0 Å². The Morgan fingerprint density at radius 1 is 0.331 bits per heavy atom. The number of phenolic OH excluding ortho intramolecular Hbond substituents is 24. The highest BCUT2D eigenvalue weighted by molar-refractivity contribution is 6.11. The van der Waals surface area contributed by atoms with E-state index in [1.54, 1.807) is 0 Å². The molecule has 124 heavy (non-hydrogen) atoms. The zero-order chi connectivity index (χ0) is 91.0. The molecule has 0 aliphatic carbocycles. The van der Waals surface area contributed by atoms with Crippen LogP contribution in [0.15, 0.2) is 66.7 Å². The van der Waals surface area contributed by atoms with Gasteiger partial charge >= 0.3 is 53.7 Å². The normalized spacial score (nSPS) is 18.5. The first-order chi connectivity index (χ1) is 58.3. The highest BCUT2D eigenvalue weighted by Crippen LogP contribution is 2.60. The largest absolute Gasteiger partial charge is 0.504 e. The number of hydrogen-bond donors (Lipinski definition) is 27. The van der Waals surface area contributed by atoms with Gasteiger partial charge in [0, 0.05) is 58.7 Å². The van der Waals surface area contributed by atoms with Crippen LogP contribution < -0.4 is 14.2 Å². The van der Waals surface area contributed by atoms with Crippen LogP contribution in [0.25, 0.3) is 22.3 Å². The Kier molecular flexibility index (Phi) is 22.2. The molecule has 0 spiro atoms. The van der Waals surface area contributed by atoms with Crippen LogP contribution >= 0.6 is 0 Å².